The summed E-state index contributed by atoms with van der Waals surface area (Å²) in [5, 5.41) is 2.80. The molecule has 0 atom stereocenters. The predicted octanol–water partition coefficient (Wildman–Crippen LogP) is 4.22. The Balaban J connectivity index is 1.64. The third kappa shape index (κ3) is 5.27. The molecule has 0 unspecified atom stereocenters. The van der Waals surface area contributed by atoms with Crippen LogP contribution in [-0.4, -0.2) is 20.1 Å². The molecule has 28 heavy (non-hydrogen) atoms. The van der Waals surface area contributed by atoms with Crippen LogP contribution >= 0.6 is 0 Å². The zero-order valence-corrected chi connectivity index (χ0v) is 16.0. The summed E-state index contributed by atoms with van der Waals surface area (Å²) in [5.41, 5.74) is 2.72. The third-order valence-electron chi connectivity index (χ3n) is 4.30. The highest BCUT2D eigenvalue weighted by Gasteiger charge is 2.17. The minimum atomic E-state index is -3.65. The normalized spacial score (nSPS) is 11.2. The van der Waals surface area contributed by atoms with Crippen molar-refractivity contribution in [3.63, 3.8) is 0 Å². The molecule has 0 heterocycles. The summed E-state index contributed by atoms with van der Waals surface area (Å²) in [6.07, 6.45) is 0.477. The fourth-order valence-corrected chi connectivity index (χ4v) is 4.05. The Morgan fingerprint density at radius 3 is 2.21 bits per heavy atom. The van der Waals surface area contributed by atoms with Gasteiger partial charge >= 0.3 is 0 Å². The van der Waals surface area contributed by atoms with E-state index in [1.54, 1.807) is 6.07 Å². The average molecular weight is 397 g/mol. The second-order valence-electron chi connectivity index (χ2n) is 6.39. The van der Waals surface area contributed by atoms with Crippen LogP contribution in [0, 0.1) is 5.82 Å². The summed E-state index contributed by atoms with van der Waals surface area (Å²) in [6, 6.07) is 21.9. The molecule has 1 amide bonds. The van der Waals surface area contributed by atoms with Gasteiger partial charge in [0.15, 0.2) is 9.84 Å². The van der Waals surface area contributed by atoms with Crippen molar-refractivity contribution in [2.45, 2.75) is 17.7 Å². The van der Waals surface area contributed by atoms with E-state index in [2.05, 4.69) is 5.32 Å². The quantitative estimate of drug-likeness (QED) is 0.607. The molecular weight excluding hydrogens is 377 g/mol. The number of amides is 1. The zero-order valence-electron chi connectivity index (χ0n) is 15.1. The van der Waals surface area contributed by atoms with Crippen LogP contribution in [0.5, 0.6) is 0 Å². The molecule has 0 saturated heterocycles. The van der Waals surface area contributed by atoms with Crippen molar-refractivity contribution in [1.29, 1.82) is 0 Å². The number of sulfone groups is 1. The van der Waals surface area contributed by atoms with Gasteiger partial charge in [-0.2, -0.15) is 0 Å². The van der Waals surface area contributed by atoms with Crippen molar-refractivity contribution in [1.82, 2.24) is 0 Å². The molecule has 0 spiro atoms. The predicted molar refractivity (Wildman–Crippen MR) is 107 cm³/mol. The van der Waals surface area contributed by atoms with Gasteiger partial charge in [-0.05, 0) is 47.9 Å². The molecule has 0 aromatic heterocycles. The number of carbonyl (C=O) groups excluding carboxylic acids is 1. The van der Waals surface area contributed by atoms with E-state index in [4.69, 9.17) is 0 Å². The molecule has 3 rings (SSSR count). The lowest BCUT2D eigenvalue weighted by molar-refractivity contribution is -0.115. The van der Waals surface area contributed by atoms with Crippen LogP contribution in [0.15, 0.2) is 83.8 Å². The molecule has 1 N–H and O–H groups in total. The topological polar surface area (TPSA) is 63.2 Å². The van der Waals surface area contributed by atoms with Crippen molar-refractivity contribution in [3.8, 4) is 0 Å². The van der Waals surface area contributed by atoms with Crippen LogP contribution in [0.1, 0.15) is 17.5 Å². The van der Waals surface area contributed by atoms with Gasteiger partial charge in [-0.15, -0.1) is 0 Å². The maximum Gasteiger partial charge on any atom is 0.225 e. The second kappa shape index (κ2) is 8.80. The molecule has 0 radical (unpaired) electrons. The lowest BCUT2D eigenvalue weighted by Crippen LogP contribution is -2.18. The highest BCUT2D eigenvalue weighted by molar-refractivity contribution is 7.91. The maximum atomic E-state index is 13.0. The zero-order chi connectivity index (χ0) is 20.0. The van der Waals surface area contributed by atoms with Crippen molar-refractivity contribution < 1.29 is 17.6 Å². The van der Waals surface area contributed by atoms with E-state index < -0.39 is 15.7 Å². The van der Waals surface area contributed by atoms with Gasteiger partial charge in [-0.25, -0.2) is 12.8 Å². The Kier molecular flexibility index (Phi) is 6.21. The summed E-state index contributed by atoms with van der Waals surface area (Å²) in [4.78, 5) is 12.3. The molecule has 3 aromatic rings. The molecule has 3 aromatic carbocycles. The summed E-state index contributed by atoms with van der Waals surface area (Å²) < 4.78 is 37.6. The fourth-order valence-electron chi connectivity index (χ4n) is 2.81. The first-order valence-corrected chi connectivity index (χ1v) is 10.5. The second-order valence-corrected chi connectivity index (χ2v) is 8.50. The van der Waals surface area contributed by atoms with E-state index >= 15 is 0 Å². The molecule has 0 saturated carbocycles. The first kappa shape index (κ1) is 19.8. The van der Waals surface area contributed by atoms with E-state index in [0.29, 0.717) is 12.1 Å². The Labute approximate surface area is 164 Å². The average Bonchev–Trinajstić information content (AvgIpc) is 2.69. The first-order valence-electron chi connectivity index (χ1n) is 8.84. The largest absolute Gasteiger partial charge is 0.326 e. The Morgan fingerprint density at radius 2 is 1.50 bits per heavy atom. The number of nitrogens with one attached hydrogen (secondary N) is 1. The Bertz CT molecular complexity index is 1050. The molecule has 4 nitrogen and oxygen atoms in total. The number of hydrogen-bond donors (Lipinski definition) is 1. The molecule has 0 aliphatic carbocycles. The molecule has 0 fully saturated rings. The monoisotopic (exact) mass is 397 g/mol. The minimum absolute atomic E-state index is 0.00572. The maximum absolute atomic E-state index is 13.0. The van der Waals surface area contributed by atoms with Gasteiger partial charge in [-0.3, -0.25) is 4.79 Å². The third-order valence-corrected chi connectivity index (χ3v) is 6.03. The van der Waals surface area contributed by atoms with E-state index in [1.807, 2.05) is 48.5 Å². The minimum Gasteiger partial charge on any atom is -0.326 e. The summed E-state index contributed by atoms with van der Waals surface area (Å²) in [7, 11) is -3.65. The van der Waals surface area contributed by atoms with Gasteiger partial charge in [0, 0.05) is 12.1 Å². The Morgan fingerprint density at radius 1 is 0.857 bits per heavy atom. The van der Waals surface area contributed by atoms with Gasteiger partial charge in [0.2, 0.25) is 5.91 Å². The number of carbonyl (C=O) groups is 1. The van der Waals surface area contributed by atoms with Crippen LogP contribution in [-0.2, 0) is 21.1 Å². The number of rotatable bonds is 7. The van der Waals surface area contributed by atoms with Crippen molar-refractivity contribution in [3.05, 3.63) is 95.8 Å². The number of hydrogen-bond acceptors (Lipinski definition) is 3. The first-order chi connectivity index (χ1) is 13.4. The van der Waals surface area contributed by atoms with E-state index in [9.17, 15) is 17.6 Å². The lowest BCUT2D eigenvalue weighted by Gasteiger charge is -2.11. The summed E-state index contributed by atoms with van der Waals surface area (Å²) in [5.74, 6) is -1.23. The van der Waals surface area contributed by atoms with Crippen LogP contribution in [0.3, 0.4) is 0 Å². The summed E-state index contributed by atoms with van der Waals surface area (Å²) >= 11 is 0. The van der Waals surface area contributed by atoms with Gasteiger partial charge < -0.3 is 5.32 Å². The van der Waals surface area contributed by atoms with Gasteiger partial charge in [-0.1, -0.05) is 48.5 Å². The van der Waals surface area contributed by atoms with Gasteiger partial charge in [0.25, 0.3) is 0 Å². The van der Waals surface area contributed by atoms with Crippen LogP contribution in [0.25, 0.3) is 0 Å². The molecule has 0 aliphatic rings. The van der Waals surface area contributed by atoms with E-state index in [0.717, 1.165) is 23.3 Å². The SMILES string of the molecule is O=C(CCS(=O)(=O)c1ccc(F)cc1)Nc1ccccc1Cc1ccccc1. The number of halogens is 1. The summed E-state index contributed by atoms with van der Waals surface area (Å²) in [6.45, 7) is 0. The molecular formula is C22H20FNO3S. The van der Waals surface area contributed by atoms with E-state index in [-0.39, 0.29) is 23.0 Å². The van der Waals surface area contributed by atoms with Gasteiger partial charge in [0.1, 0.15) is 5.82 Å². The van der Waals surface area contributed by atoms with Crippen LogP contribution < -0.4 is 5.32 Å². The molecule has 6 heteroatoms. The fraction of sp³-hybridized carbons (Fsp3) is 0.136. The highest BCUT2D eigenvalue weighted by atomic mass is 32.2. The highest BCUT2D eigenvalue weighted by Crippen LogP contribution is 2.20. The Hall–Kier alpha value is -2.99. The number of anilines is 1. The molecule has 0 bridgehead atoms. The molecule has 144 valence electrons. The van der Waals surface area contributed by atoms with Crippen LogP contribution in [0.4, 0.5) is 10.1 Å². The van der Waals surface area contributed by atoms with Crippen molar-refractivity contribution in [2.75, 3.05) is 11.1 Å². The smallest absolute Gasteiger partial charge is 0.225 e. The molecule has 0 aliphatic heterocycles. The standard InChI is InChI=1S/C22H20FNO3S/c23-19-10-12-20(13-11-19)28(26,27)15-14-22(25)24-21-9-5-4-8-18(21)16-17-6-2-1-3-7-17/h1-13H,14-16H2,(H,24,25). The van der Waals surface area contributed by atoms with E-state index in [1.165, 1.54) is 12.1 Å². The van der Waals surface area contributed by atoms with Gasteiger partial charge in [0.05, 0.1) is 10.6 Å². The van der Waals surface area contributed by atoms with Crippen molar-refractivity contribution in [2.24, 2.45) is 0 Å². The number of para-hydroxylation sites is 1. The lowest BCUT2D eigenvalue weighted by atomic mass is 10.0. The van der Waals surface area contributed by atoms with Crippen molar-refractivity contribution >= 4 is 21.4 Å². The van der Waals surface area contributed by atoms with Crippen LogP contribution in [0.2, 0.25) is 0 Å². The number of benzene rings is 3.